The summed E-state index contributed by atoms with van der Waals surface area (Å²) in [6.07, 6.45) is 0. The molecule has 0 radical (unpaired) electrons. The van der Waals surface area contributed by atoms with Gasteiger partial charge in [0, 0.05) is 19.0 Å². The lowest BCUT2D eigenvalue weighted by Gasteiger charge is -2.19. The van der Waals surface area contributed by atoms with Gasteiger partial charge < -0.3 is 5.73 Å². The summed E-state index contributed by atoms with van der Waals surface area (Å²) in [6.45, 7) is 8.15. The quantitative estimate of drug-likeness (QED) is 0.655. The smallest absolute Gasteiger partial charge is 0.332 e. The number of thioether (sulfide) groups is 1. The van der Waals surface area contributed by atoms with Crippen molar-refractivity contribution in [2.75, 3.05) is 5.73 Å². The molecule has 26 heavy (non-hydrogen) atoms. The Morgan fingerprint density at radius 3 is 2.12 bits per heavy atom. The highest BCUT2D eigenvalue weighted by Gasteiger charge is 2.25. The number of carbonyl (C=O) groups excluding carboxylic acids is 1. The Hall–Kier alpha value is -2.28. The normalized spacial score (nSPS) is 12.8. The van der Waals surface area contributed by atoms with E-state index in [1.54, 1.807) is 6.92 Å². The zero-order chi connectivity index (χ0) is 19.8. The molecule has 7 heteroatoms. The Morgan fingerprint density at radius 1 is 1.08 bits per heavy atom. The lowest BCUT2D eigenvalue weighted by atomic mass is 9.87. The van der Waals surface area contributed by atoms with E-state index < -0.39 is 16.5 Å². The molecule has 1 unspecified atom stereocenters. The first-order valence-electron chi connectivity index (χ1n) is 8.32. The highest BCUT2D eigenvalue weighted by atomic mass is 32.2. The molecule has 140 valence electrons. The molecule has 1 aromatic heterocycles. The summed E-state index contributed by atoms with van der Waals surface area (Å²) in [4.78, 5) is 38.0. The molecule has 0 saturated carbocycles. The number of nitrogens with two attached hydrogens (primary N) is 1. The van der Waals surface area contributed by atoms with Crippen LogP contribution in [0.15, 0.2) is 38.8 Å². The van der Waals surface area contributed by atoms with Crippen LogP contribution in [0.25, 0.3) is 0 Å². The number of anilines is 1. The highest BCUT2D eigenvalue weighted by Crippen LogP contribution is 2.29. The summed E-state index contributed by atoms with van der Waals surface area (Å²) in [7, 11) is 2.78. The van der Waals surface area contributed by atoms with E-state index in [1.807, 2.05) is 24.3 Å². The van der Waals surface area contributed by atoms with E-state index in [4.69, 9.17) is 5.73 Å². The summed E-state index contributed by atoms with van der Waals surface area (Å²) in [5.74, 6) is -0.484. The van der Waals surface area contributed by atoms with Crippen molar-refractivity contribution in [3.05, 3.63) is 56.2 Å². The molecule has 0 aliphatic heterocycles. The number of hydrogen-bond donors (Lipinski definition) is 1. The van der Waals surface area contributed by atoms with Crippen LogP contribution in [-0.4, -0.2) is 20.2 Å². The Bertz CT molecular complexity index is 950. The minimum atomic E-state index is -0.661. The Labute approximate surface area is 157 Å². The van der Waals surface area contributed by atoms with Crippen LogP contribution >= 0.6 is 11.8 Å². The average Bonchev–Trinajstić information content (AvgIpc) is 2.58. The van der Waals surface area contributed by atoms with Gasteiger partial charge in [-0.05, 0) is 30.0 Å². The number of benzene rings is 1. The van der Waals surface area contributed by atoms with Crippen LogP contribution in [-0.2, 0) is 19.5 Å². The Balaban J connectivity index is 2.32. The van der Waals surface area contributed by atoms with E-state index in [0.717, 1.165) is 14.0 Å². The fourth-order valence-electron chi connectivity index (χ4n) is 2.59. The van der Waals surface area contributed by atoms with Crippen LogP contribution in [0, 0.1) is 0 Å². The largest absolute Gasteiger partial charge is 0.384 e. The van der Waals surface area contributed by atoms with Crippen molar-refractivity contribution < 1.29 is 4.79 Å². The van der Waals surface area contributed by atoms with Gasteiger partial charge in [-0.25, -0.2) is 4.79 Å². The van der Waals surface area contributed by atoms with Crippen LogP contribution in [0.3, 0.4) is 0 Å². The maximum atomic E-state index is 12.8. The molecule has 0 spiro atoms. The maximum absolute atomic E-state index is 12.8. The predicted molar refractivity (Wildman–Crippen MR) is 106 cm³/mol. The molecule has 1 aromatic carbocycles. The molecule has 1 atom stereocenters. The fraction of sp³-hybridized carbons (Fsp3) is 0.421. The first-order valence-corrected chi connectivity index (χ1v) is 9.20. The van der Waals surface area contributed by atoms with E-state index in [1.165, 1.54) is 31.4 Å². The first-order chi connectivity index (χ1) is 11.9. The van der Waals surface area contributed by atoms with Gasteiger partial charge in [0.15, 0.2) is 5.78 Å². The van der Waals surface area contributed by atoms with Crippen molar-refractivity contribution in [2.45, 2.75) is 43.3 Å². The third-order valence-corrected chi connectivity index (χ3v) is 5.47. The summed E-state index contributed by atoms with van der Waals surface area (Å²) < 4.78 is 2.02. The van der Waals surface area contributed by atoms with Crippen molar-refractivity contribution >= 4 is 23.4 Å². The molecule has 0 aliphatic carbocycles. The molecular weight excluding hydrogens is 350 g/mol. The second-order valence-corrected chi connectivity index (χ2v) is 8.78. The standard InChI is InChI=1S/C19H25N3O3S/c1-11(26-13-9-7-12(8-10-13)19(2,3)4)15(23)14-16(20)21(5)18(25)22(6)17(14)24/h7-11H,20H2,1-6H3. The number of ketones is 1. The number of Topliss-reactive ketones (excluding diaryl/α,β-unsaturated/α-hetero) is 1. The van der Waals surface area contributed by atoms with Gasteiger partial charge in [0.25, 0.3) is 5.56 Å². The lowest BCUT2D eigenvalue weighted by Crippen LogP contribution is -2.42. The molecule has 2 N–H and O–H groups in total. The molecular formula is C19H25N3O3S. The summed E-state index contributed by atoms with van der Waals surface area (Å²) in [5, 5.41) is -0.511. The van der Waals surface area contributed by atoms with Crippen molar-refractivity contribution in [1.82, 2.24) is 9.13 Å². The van der Waals surface area contributed by atoms with Crippen molar-refractivity contribution in [1.29, 1.82) is 0 Å². The SMILES string of the molecule is CC(Sc1ccc(C(C)(C)C)cc1)C(=O)c1c(N)n(C)c(=O)n(C)c1=O. The number of carbonyl (C=O) groups is 1. The minimum Gasteiger partial charge on any atom is -0.384 e. The number of rotatable bonds is 4. The van der Waals surface area contributed by atoms with Crippen molar-refractivity contribution in [3.63, 3.8) is 0 Å². The van der Waals surface area contributed by atoms with E-state index in [9.17, 15) is 14.4 Å². The number of hydrogen-bond acceptors (Lipinski definition) is 5. The molecule has 2 aromatic rings. The summed E-state index contributed by atoms with van der Waals surface area (Å²) in [6, 6.07) is 8.02. The topological polar surface area (TPSA) is 87.1 Å². The number of nitrogen functional groups attached to an aromatic ring is 1. The third kappa shape index (κ3) is 3.77. The summed E-state index contributed by atoms with van der Waals surface area (Å²) >= 11 is 1.36. The van der Waals surface area contributed by atoms with Crippen LogP contribution in [0.5, 0.6) is 0 Å². The summed E-state index contributed by atoms with van der Waals surface area (Å²) in [5.41, 5.74) is 5.78. The van der Waals surface area contributed by atoms with Crippen molar-refractivity contribution in [3.8, 4) is 0 Å². The van der Waals surface area contributed by atoms with Gasteiger partial charge in [0.2, 0.25) is 0 Å². The molecule has 0 saturated heterocycles. The van der Waals surface area contributed by atoms with Crippen LogP contribution in [0.2, 0.25) is 0 Å². The predicted octanol–water partition coefficient (Wildman–Crippen LogP) is 2.33. The van der Waals surface area contributed by atoms with E-state index >= 15 is 0 Å². The second-order valence-electron chi connectivity index (χ2n) is 7.36. The second kappa shape index (κ2) is 7.15. The van der Waals surface area contributed by atoms with Gasteiger partial charge in [0.1, 0.15) is 11.4 Å². The van der Waals surface area contributed by atoms with Gasteiger partial charge in [-0.2, -0.15) is 0 Å². The lowest BCUT2D eigenvalue weighted by molar-refractivity contribution is 0.0992. The fourth-order valence-corrected chi connectivity index (χ4v) is 3.51. The molecule has 0 fully saturated rings. The maximum Gasteiger partial charge on any atom is 0.332 e. The van der Waals surface area contributed by atoms with Gasteiger partial charge in [-0.1, -0.05) is 32.9 Å². The average molecular weight is 375 g/mol. The van der Waals surface area contributed by atoms with Gasteiger partial charge >= 0.3 is 5.69 Å². The molecule has 6 nitrogen and oxygen atoms in total. The molecule has 0 bridgehead atoms. The van der Waals surface area contributed by atoms with Gasteiger partial charge in [-0.3, -0.25) is 18.7 Å². The molecule has 0 amide bonds. The van der Waals surface area contributed by atoms with E-state index in [0.29, 0.717) is 0 Å². The number of nitrogens with zero attached hydrogens (tertiary/aromatic N) is 2. The van der Waals surface area contributed by atoms with Crippen LogP contribution in [0.4, 0.5) is 5.82 Å². The van der Waals surface area contributed by atoms with Crippen LogP contribution in [0.1, 0.15) is 43.6 Å². The zero-order valence-electron chi connectivity index (χ0n) is 16.0. The van der Waals surface area contributed by atoms with Crippen molar-refractivity contribution in [2.24, 2.45) is 14.1 Å². The first kappa shape index (κ1) is 20.0. The monoisotopic (exact) mass is 375 g/mol. The number of aromatic nitrogens is 2. The Kier molecular flexibility index (Phi) is 5.51. The Morgan fingerprint density at radius 2 is 1.62 bits per heavy atom. The minimum absolute atomic E-state index is 0.0557. The van der Waals surface area contributed by atoms with E-state index in [2.05, 4.69) is 20.8 Å². The molecule has 0 aliphatic rings. The van der Waals surface area contributed by atoms with Gasteiger partial charge in [0.05, 0.1) is 5.25 Å². The zero-order valence-corrected chi connectivity index (χ0v) is 16.8. The molecule has 1 heterocycles. The van der Waals surface area contributed by atoms with E-state index in [-0.39, 0.29) is 22.6 Å². The highest BCUT2D eigenvalue weighted by molar-refractivity contribution is 8.00. The molecule has 2 rings (SSSR count). The van der Waals surface area contributed by atoms with Gasteiger partial charge in [-0.15, -0.1) is 11.8 Å². The third-order valence-electron chi connectivity index (χ3n) is 4.36. The van der Waals surface area contributed by atoms with Crippen LogP contribution < -0.4 is 17.0 Å².